The van der Waals surface area contributed by atoms with Gasteiger partial charge in [-0.15, -0.1) is 0 Å². The standard InChI is InChI=1S/C13H18FIN2O2/c14-12-3-1-2-4-13(12)17-7-5-16(6-8-17)9-11(18)10-19-15/h1-4,11,18H,5-10H2. The number of aliphatic hydroxyl groups excluding tert-OH is 1. The van der Waals surface area contributed by atoms with Gasteiger partial charge in [0.25, 0.3) is 0 Å². The smallest absolute Gasteiger partial charge is 0.146 e. The molecule has 0 spiro atoms. The lowest BCUT2D eigenvalue weighted by Crippen LogP contribution is -2.49. The van der Waals surface area contributed by atoms with Crippen LogP contribution in [-0.4, -0.2) is 55.4 Å². The molecule has 1 fully saturated rings. The number of para-hydroxylation sites is 1. The van der Waals surface area contributed by atoms with Crippen LogP contribution in [0.1, 0.15) is 0 Å². The summed E-state index contributed by atoms with van der Waals surface area (Å²) in [7, 11) is 0. The van der Waals surface area contributed by atoms with E-state index in [-0.39, 0.29) is 5.82 Å². The Hall–Kier alpha value is -0.440. The largest absolute Gasteiger partial charge is 0.389 e. The van der Waals surface area contributed by atoms with Gasteiger partial charge in [0, 0.05) is 32.7 Å². The molecule has 1 unspecified atom stereocenters. The zero-order valence-electron chi connectivity index (χ0n) is 10.6. The van der Waals surface area contributed by atoms with Crippen molar-refractivity contribution in [2.45, 2.75) is 6.10 Å². The second-order valence-electron chi connectivity index (χ2n) is 4.67. The van der Waals surface area contributed by atoms with Gasteiger partial charge in [-0.05, 0) is 12.1 Å². The van der Waals surface area contributed by atoms with E-state index < -0.39 is 6.10 Å². The Bertz CT molecular complexity index is 400. The van der Waals surface area contributed by atoms with Crippen molar-refractivity contribution < 1.29 is 12.6 Å². The van der Waals surface area contributed by atoms with Crippen LogP contribution in [0.2, 0.25) is 0 Å². The molecule has 0 aromatic heterocycles. The molecule has 1 N–H and O–H groups in total. The number of anilines is 1. The van der Waals surface area contributed by atoms with Crippen molar-refractivity contribution in [2.24, 2.45) is 0 Å². The molecule has 106 valence electrons. The maximum Gasteiger partial charge on any atom is 0.146 e. The SMILES string of the molecule is OC(COI)CN1CCN(c2ccccc2F)CC1. The molecule has 1 aromatic rings. The number of nitrogens with zero attached hydrogens (tertiary/aromatic N) is 2. The molecule has 1 heterocycles. The van der Waals surface area contributed by atoms with Gasteiger partial charge in [0.05, 0.1) is 18.4 Å². The monoisotopic (exact) mass is 380 g/mol. The van der Waals surface area contributed by atoms with Crippen LogP contribution in [0.25, 0.3) is 0 Å². The van der Waals surface area contributed by atoms with Crippen molar-refractivity contribution in [1.29, 1.82) is 0 Å². The summed E-state index contributed by atoms with van der Waals surface area (Å²) >= 11 is 1.78. The molecule has 1 atom stereocenters. The van der Waals surface area contributed by atoms with Gasteiger partial charge >= 0.3 is 0 Å². The lowest BCUT2D eigenvalue weighted by Gasteiger charge is -2.36. The topological polar surface area (TPSA) is 35.9 Å². The number of halogens is 2. The van der Waals surface area contributed by atoms with Crippen molar-refractivity contribution >= 4 is 28.7 Å². The van der Waals surface area contributed by atoms with Crippen LogP contribution < -0.4 is 4.90 Å². The molecule has 0 saturated carbocycles. The first-order valence-electron chi connectivity index (χ1n) is 6.34. The molecule has 1 saturated heterocycles. The van der Waals surface area contributed by atoms with Crippen LogP contribution in [-0.2, 0) is 3.07 Å². The summed E-state index contributed by atoms with van der Waals surface area (Å²) in [5.74, 6) is -0.172. The fourth-order valence-corrected chi connectivity index (χ4v) is 2.72. The third-order valence-corrected chi connectivity index (χ3v) is 3.65. The summed E-state index contributed by atoms with van der Waals surface area (Å²) in [6, 6.07) is 6.86. The summed E-state index contributed by atoms with van der Waals surface area (Å²) < 4.78 is 18.6. The Balaban J connectivity index is 1.84. The van der Waals surface area contributed by atoms with E-state index in [9.17, 15) is 9.50 Å². The molecular weight excluding hydrogens is 362 g/mol. The minimum Gasteiger partial charge on any atom is -0.389 e. The normalized spacial score (nSPS) is 18.6. The zero-order valence-corrected chi connectivity index (χ0v) is 12.8. The fraction of sp³-hybridized carbons (Fsp3) is 0.538. The molecule has 2 rings (SSSR count). The van der Waals surface area contributed by atoms with Gasteiger partial charge in [0.15, 0.2) is 0 Å². The molecule has 6 heteroatoms. The summed E-state index contributed by atoms with van der Waals surface area (Å²) in [6.07, 6.45) is -0.461. The van der Waals surface area contributed by atoms with Gasteiger partial charge in [-0.1, -0.05) is 12.1 Å². The molecule has 0 amide bonds. The Morgan fingerprint density at radius 3 is 2.58 bits per heavy atom. The van der Waals surface area contributed by atoms with E-state index in [4.69, 9.17) is 3.07 Å². The number of β-amino-alcohol motifs (C(OH)–C–C–N with tert-alkyl or cyclic N) is 1. The second-order valence-corrected chi connectivity index (χ2v) is 5.29. The van der Waals surface area contributed by atoms with Crippen molar-refractivity contribution in [3.63, 3.8) is 0 Å². The van der Waals surface area contributed by atoms with Gasteiger partial charge in [-0.25, -0.2) is 4.39 Å². The van der Waals surface area contributed by atoms with Crippen molar-refractivity contribution in [3.05, 3.63) is 30.1 Å². The highest BCUT2D eigenvalue weighted by Gasteiger charge is 2.20. The summed E-state index contributed by atoms with van der Waals surface area (Å²) in [5, 5.41) is 9.68. The Morgan fingerprint density at radius 2 is 1.95 bits per heavy atom. The van der Waals surface area contributed by atoms with Gasteiger partial charge < -0.3 is 13.1 Å². The maximum atomic E-state index is 13.7. The lowest BCUT2D eigenvalue weighted by molar-refractivity contribution is 0.0800. The third kappa shape index (κ3) is 4.27. The van der Waals surface area contributed by atoms with Gasteiger partial charge in [-0.3, -0.25) is 4.90 Å². The Labute approximate surface area is 126 Å². The molecule has 19 heavy (non-hydrogen) atoms. The van der Waals surface area contributed by atoms with Gasteiger partial charge in [0.2, 0.25) is 0 Å². The van der Waals surface area contributed by atoms with E-state index in [0.29, 0.717) is 18.8 Å². The predicted octanol–water partition coefficient (Wildman–Crippen LogP) is 1.68. The fourth-order valence-electron chi connectivity index (χ4n) is 2.30. The third-order valence-electron chi connectivity index (χ3n) is 3.29. The van der Waals surface area contributed by atoms with E-state index in [0.717, 1.165) is 26.2 Å². The number of aliphatic hydroxyl groups is 1. The molecular formula is C13H18FIN2O2. The van der Waals surface area contributed by atoms with Gasteiger partial charge in [-0.2, -0.15) is 0 Å². The highest BCUT2D eigenvalue weighted by Crippen LogP contribution is 2.20. The number of hydrogen-bond donors (Lipinski definition) is 1. The molecule has 1 aliphatic rings. The number of rotatable bonds is 5. The first-order chi connectivity index (χ1) is 9.20. The summed E-state index contributed by atoms with van der Waals surface area (Å²) in [5.41, 5.74) is 0.665. The number of hydrogen-bond acceptors (Lipinski definition) is 4. The van der Waals surface area contributed by atoms with E-state index in [1.807, 2.05) is 17.0 Å². The van der Waals surface area contributed by atoms with Crippen LogP contribution >= 0.6 is 23.0 Å². The highest BCUT2D eigenvalue weighted by atomic mass is 127. The molecule has 1 aromatic carbocycles. The van der Waals surface area contributed by atoms with Crippen LogP contribution in [0.4, 0.5) is 10.1 Å². The van der Waals surface area contributed by atoms with Crippen LogP contribution in [0.5, 0.6) is 0 Å². The maximum absolute atomic E-state index is 13.7. The number of piperazine rings is 1. The predicted molar refractivity (Wildman–Crippen MR) is 81.0 cm³/mol. The molecule has 0 aliphatic carbocycles. The Kier molecular flexibility index (Phi) is 5.80. The highest BCUT2D eigenvalue weighted by molar-refractivity contribution is 14.1. The van der Waals surface area contributed by atoms with E-state index in [1.165, 1.54) is 6.07 Å². The van der Waals surface area contributed by atoms with Crippen LogP contribution in [0, 0.1) is 5.82 Å². The minimum atomic E-state index is -0.461. The first-order valence-corrected chi connectivity index (χ1v) is 7.22. The van der Waals surface area contributed by atoms with E-state index in [2.05, 4.69) is 4.90 Å². The summed E-state index contributed by atoms with van der Waals surface area (Å²) in [6.45, 7) is 4.15. The van der Waals surface area contributed by atoms with Crippen molar-refractivity contribution in [1.82, 2.24) is 4.90 Å². The average Bonchev–Trinajstić information content (AvgIpc) is 2.41. The molecule has 0 radical (unpaired) electrons. The van der Waals surface area contributed by atoms with Crippen molar-refractivity contribution in [2.75, 3.05) is 44.2 Å². The minimum absolute atomic E-state index is 0.172. The van der Waals surface area contributed by atoms with Crippen LogP contribution in [0.3, 0.4) is 0 Å². The molecule has 0 bridgehead atoms. The quantitative estimate of drug-likeness (QED) is 0.789. The van der Waals surface area contributed by atoms with Gasteiger partial charge in [0.1, 0.15) is 28.8 Å². The summed E-state index contributed by atoms with van der Waals surface area (Å²) in [4.78, 5) is 4.23. The number of benzene rings is 1. The van der Waals surface area contributed by atoms with Crippen LogP contribution in [0.15, 0.2) is 24.3 Å². The molecule has 1 aliphatic heterocycles. The van der Waals surface area contributed by atoms with E-state index >= 15 is 0 Å². The second kappa shape index (κ2) is 7.37. The first kappa shape index (κ1) is 15.0. The van der Waals surface area contributed by atoms with E-state index in [1.54, 1.807) is 29.1 Å². The van der Waals surface area contributed by atoms with Crippen molar-refractivity contribution in [3.8, 4) is 0 Å². The average molecular weight is 380 g/mol. The molecule has 4 nitrogen and oxygen atoms in total. The lowest BCUT2D eigenvalue weighted by atomic mass is 10.2. The zero-order chi connectivity index (χ0) is 13.7. The Morgan fingerprint density at radius 1 is 1.26 bits per heavy atom.